The van der Waals surface area contributed by atoms with E-state index in [1.54, 1.807) is 40.1 Å². The normalized spacial score (nSPS) is 32.1. The van der Waals surface area contributed by atoms with Crippen molar-refractivity contribution in [2.45, 2.75) is 308 Å². The Labute approximate surface area is 583 Å². The molecular weight excluding hydrogens is 1270 g/mol. The summed E-state index contributed by atoms with van der Waals surface area (Å²) < 4.78 is 87.6. The first kappa shape index (κ1) is 78.8. The number of amides is 1. The zero-order valence-corrected chi connectivity index (χ0v) is 65.2. The summed E-state index contributed by atoms with van der Waals surface area (Å²) in [5.41, 5.74) is 1.23. The number of carboxylic acid groups (broad SMARTS) is 1. The topological polar surface area (TPSA) is 195 Å². The highest BCUT2D eigenvalue weighted by molar-refractivity contribution is 6.99. The molecule has 5 saturated heterocycles. The summed E-state index contributed by atoms with van der Waals surface area (Å²) in [4.78, 5) is 43.5. The molecule has 5 aliphatic heterocycles. The molecule has 1 aliphatic carbocycles. The van der Waals surface area contributed by atoms with E-state index in [1.165, 1.54) is 10.4 Å². The number of hydrogen-bond acceptors (Lipinski definition) is 16. The SMILES string of the molecule is CO[C@@H](C[C@@H](C)C/C(C)=C/[C@H]1C[C@@H](O[Si](C)(C)C(C)(C)C)CO[C@@]12C[C@@H]([C@@H](C)[C@H](OC(=O)[C@@H]1CCCCN1C(=O)OC(C)(C)C)/C(C)=C/[C@@H]1CC[C@@H](O[Si](c3ccccc3)(c3ccccc3)C(C)(C)C)[C@H](OC)C1)OC(C)(C)O2)[C@H]1O[C@]2(OC(C)(C)O[C@H]2C(=O)O)[C@H](C)C[C@@H]1OC. The minimum absolute atomic E-state index is 0.0480. The number of nitrogens with zero attached hydrogens (tertiary/aromatic N) is 1. The largest absolute Gasteiger partial charge is 0.479 e. The molecule has 0 bridgehead atoms. The molecule has 1 amide bonds. The predicted molar refractivity (Wildman–Crippen MR) is 380 cm³/mol. The van der Waals surface area contributed by atoms with Crippen LogP contribution in [-0.2, 0) is 70.5 Å². The van der Waals surface area contributed by atoms with E-state index in [-0.39, 0.29) is 52.1 Å². The van der Waals surface area contributed by atoms with Crippen molar-refractivity contribution >= 4 is 45.0 Å². The molecule has 17 atom stereocenters. The average Bonchev–Trinajstić information content (AvgIpc) is 1.69. The minimum atomic E-state index is -2.93. The van der Waals surface area contributed by atoms with Crippen LogP contribution in [0.4, 0.5) is 4.79 Å². The lowest BCUT2D eigenvalue weighted by atomic mass is 9.78. The Bertz CT molecular complexity index is 2970. The zero-order valence-electron chi connectivity index (χ0n) is 63.2. The smallest absolute Gasteiger partial charge is 0.411 e. The second-order valence-electron chi connectivity index (χ2n) is 33.7. The van der Waals surface area contributed by atoms with Gasteiger partial charge in [-0.1, -0.05) is 141 Å². The first-order valence-electron chi connectivity index (χ1n) is 36.0. The zero-order chi connectivity index (χ0) is 71.6. The van der Waals surface area contributed by atoms with Crippen molar-refractivity contribution in [1.82, 2.24) is 4.90 Å². The number of hydrogen-bond donors (Lipinski definition) is 1. The van der Waals surface area contributed by atoms with Crippen molar-refractivity contribution in [3.8, 4) is 0 Å². The number of carboxylic acids is 1. The van der Waals surface area contributed by atoms with Gasteiger partial charge in [0.2, 0.25) is 11.9 Å². The molecule has 2 spiro atoms. The number of allylic oxidation sites excluding steroid dienone is 2. The van der Waals surface area contributed by atoms with Crippen molar-refractivity contribution < 1.29 is 80.4 Å². The summed E-state index contributed by atoms with van der Waals surface area (Å²) in [7, 11) is -0.141. The van der Waals surface area contributed by atoms with E-state index in [0.717, 1.165) is 36.8 Å². The fourth-order valence-electron chi connectivity index (χ4n) is 16.2. The summed E-state index contributed by atoms with van der Waals surface area (Å²) in [6.07, 6.45) is 6.00. The summed E-state index contributed by atoms with van der Waals surface area (Å²) >= 11 is 0. The number of rotatable bonds is 22. The van der Waals surface area contributed by atoms with Crippen molar-refractivity contribution in [2.24, 2.45) is 29.6 Å². The highest BCUT2D eigenvalue weighted by Gasteiger charge is 2.65. The molecule has 1 N–H and O–H groups in total. The van der Waals surface area contributed by atoms with Crippen LogP contribution in [0.15, 0.2) is 84.0 Å². The summed E-state index contributed by atoms with van der Waals surface area (Å²) in [6.45, 7) is 42.1. The van der Waals surface area contributed by atoms with E-state index in [2.05, 4.69) is 155 Å². The number of esters is 1. The van der Waals surface area contributed by atoms with Crippen molar-refractivity contribution in [3.63, 3.8) is 0 Å². The van der Waals surface area contributed by atoms with Crippen LogP contribution < -0.4 is 10.4 Å². The van der Waals surface area contributed by atoms with E-state index in [0.29, 0.717) is 58.1 Å². The maximum absolute atomic E-state index is 15.2. The Balaban J connectivity index is 1.11. The van der Waals surface area contributed by atoms with Crippen LogP contribution in [0.25, 0.3) is 0 Å². The van der Waals surface area contributed by atoms with Gasteiger partial charge in [-0.05, 0) is 177 Å². The van der Waals surface area contributed by atoms with Gasteiger partial charge in [-0.3, -0.25) is 4.90 Å². The number of ether oxygens (including phenoxy) is 11. The molecule has 0 radical (unpaired) electrons. The van der Waals surface area contributed by atoms with Crippen LogP contribution in [0.2, 0.25) is 23.2 Å². The van der Waals surface area contributed by atoms with Crippen LogP contribution in [0, 0.1) is 29.6 Å². The Kier molecular flexibility index (Phi) is 25.2. The third kappa shape index (κ3) is 18.1. The molecule has 18 nitrogen and oxygen atoms in total. The van der Waals surface area contributed by atoms with Gasteiger partial charge in [0, 0.05) is 52.0 Å². The van der Waals surface area contributed by atoms with Crippen LogP contribution in [-0.4, -0.2) is 169 Å². The van der Waals surface area contributed by atoms with Gasteiger partial charge in [-0.25, -0.2) is 14.4 Å². The molecule has 2 aromatic carbocycles. The summed E-state index contributed by atoms with van der Waals surface area (Å²) in [6, 6.07) is 20.6. The van der Waals surface area contributed by atoms with Gasteiger partial charge in [-0.2, -0.15) is 0 Å². The van der Waals surface area contributed by atoms with Gasteiger partial charge in [-0.15, -0.1) is 0 Å². The first-order valence-corrected chi connectivity index (χ1v) is 40.9. The lowest BCUT2D eigenvalue weighted by Gasteiger charge is -2.55. The molecular formula is C77H123NO17Si2. The number of aliphatic carboxylic acids is 1. The van der Waals surface area contributed by atoms with Crippen molar-refractivity contribution in [2.75, 3.05) is 34.5 Å². The van der Waals surface area contributed by atoms with Gasteiger partial charge in [0.15, 0.2) is 25.7 Å². The van der Waals surface area contributed by atoms with E-state index in [4.69, 9.17) is 61.0 Å². The number of methoxy groups -OCH3 is 3. The standard InChI is InChI=1S/C77H123NO17Si2/c1-49(40-50(2)42-62(84-20)66-63(85-21)44-52(4)77(89-66)67(68(79)80)90-75(17,18)95-77)41-55-46-56(92-96(22,23)72(9,10)11)48-86-76(55)47-64(88-74(15,16)94-76)53(5)65(87-69(81)59-36-30-31-39-78(59)70(82)91-71(6,7)8)51(3)43-54-37-38-60(61(45-54)83-19)93-97(73(12,13)14,57-32-26-24-27-33-57)58-34-28-25-29-35-58/h24-29,32-35,41,43,50,52-56,59-67H,30-31,36-40,42,44-48H2,1-23H3,(H,79,80)/b49-41+,51-43+/t50-,52+,53+,54-,55-,56+,59-,60+,61+,62-,63-,64-,65+,66+,67-,76+,77-/m0/s1. The average molecular weight is 1390 g/mol. The molecule has 5 heterocycles. The van der Waals surface area contributed by atoms with Crippen molar-refractivity contribution in [3.05, 3.63) is 84.0 Å². The molecule has 2 aromatic rings. The Morgan fingerprint density at radius 3 is 1.93 bits per heavy atom. The molecule has 546 valence electrons. The number of benzene rings is 2. The lowest BCUT2D eigenvalue weighted by molar-refractivity contribution is -0.427. The Morgan fingerprint density at radius 1 is 0.742 bits per heavy atom. The number of carbonyl (C=O) groups is 3. The monoisotopic (exact) mass is 1390 g/mol. The van der Waals surface area contributed by atoms with E-state index >= 15 is 4.79 Å². The summed E-state index contributed by atoms with van der Waals surface area (Å²) in [5.74, 6) is -7.78. The fourth-order valence-corrected chi connectivity index (χ4v) is 22.3. The molecule has 97 heavy (non-hydrogen) atoms. The van der Waals surface area contributed by atoms with Gasteiger partial charge in [0.1, 0.15) is 23.9 Å². The van der Waals surface area contributed by atoms with Crippen LogP contribution in [0.1, 0.15) is 195 Å². The summed E-state index contributed by atoms with van der Waals surface area (Å²) in [5, 5.41) is 12.6. The molecule has 6 fully saturated rings. The van der Waals surface area contributed by atoms with Crippen molar-refractivity contribution in [1.29, 1.82) is 0 Å². The minimum Gasteiger partial charge on any atom is -0.479 e. The lowest BCUT2D eigenvalue weighted by Crippen LogP contribution is -2.68. The third-order valence-corrected chi connectivity index (χ3v) is 31.4. The molecule has 8 rings (SSSR count). The third-order valence-electron chi connectivity index (χ3n) is 21.8. The highest BCUT2D eigenvalue weighted by atomic mass is 28.4. The quantitative estimate of drug-likeness (QED) is 0.0663. The molecule has 20 heteroatoms. The Morgan fingerprint density at radius 2 is 1.36 bits per heavy atom. The number of piperidine rings is 1. The van der Waals surface area contributed by atoms with E-state index < -0.39 is 112 Å². The van der Waals surface area contributed by atoms with Gasteiger partial charge >= 0.3 is 18.0 Å². The number of likely N-dealkylation sites (tertiary alicyclic amines) is 1. The molecule has 1 saturated carbocycles. The molecule has 0 unspecified atom stereocenters. The highest BCUT2D eigenvalue weighted by Crippen LogP contribution is 2.52. The van der Waals surface area contributed by atoms with Gasteiger partial charge in [0.25, 0.3) is 8.32 Å². The van der Waals surface area contributed by atoms with E-state index in [9.17, 15) is 14.7 Å². The second kappa shape index (κ2) is 31.0. The maximum Gasteiger partial charge on any atom is 0.411 e. The Hall–Kier alpha value is -3.88. The maximum atomic E-state index is 15.2. The second-order valence-corrected chi connectivity index (χ2v) is 42.7. The van der Waals surface area contributed by atoms with Crippen LogP contribution in [0.3, 0.4) is 0 Å². The fraction of sp³-hybridized carbons (Fsp3) is 0.753. The number of carbonyl (C=O) groups excluding carboxylic acids is 2. The van der Waals surface area contributed by atoms with E-state index in [1.807, 2.05) is 41.5 Å². The van der Waals surface area contributed by atoms with Gasteiger partial charge in [0.05, 0.1) is 43.2 Å². The molecule has 6 aliphatic rings. The molecule has 0 aromatic heterocycles. The van der Waals surface area contributed by atoms with Gasteiger partial charge < -0.3 is 66.1 Å². The first-order chi connectivity index (χ1) is 45.1. The van der Waals surface area contributed by atoms with Crippen LogP contribution >= 0.6 is 0 Å². The predicted octanol–water partition coefficient (Wildman–Crippen LogP) is 14.4. The van der Waals surface area contributed by atoms with Crippen LogP contribution in [0.5, 0.6) is 0 Å².